The van der Waals surface area contributed by atoms with E-state index in [1.807, 2.05) is 0 Å². The van der Waals surface area contributed by atoms with Crippen LogP contribution >= 0.6 is 23.1 Å². The zero-order valence-corrected chi connectivity index (χ0v) is 14.6. The largest absolute Gasteiger partial charge is 0.467 e. The van der Waals surface area contributed by atoms with E-state index in [-0.39, 0.29) is 12.3 Å². The third-order valence-electron chi connectivity index (χ3n) is 3.28. The topological polar surface area (TPSA) is 71.3 Å². The summed E-state index contributed by atoms with van der Waals surface area (Å²) >= 11 is 2.37. The standard InChI is InChI=1S/C14H15F3N4O2S2/c15-14(16,17)8-21(6-10-2-1-5-23-10)11(22)7-24-13-20-19-12(25-13)18-9-3-4-9/h1-2,5,9H,3-4,6-8H2,(H,18,19). The second-order valence-corrected chi connectivity index (χ2v) is 7.72. The summed E-state index contributed by atoms with van der Waals surface area (Å²) in [4.78, 5) is 13.0. The predicted molar refractivity (Wildman–Crippen MR) is 87.5 cm³/mol. The molecule has 1 N–H and O–H groups in total. The van der Waals surface area contributed by atoms with Crippen molar-refractivity contribution >= 4 is 34.1 Å². The molecule has 0 bridgehead atoms. The van der Waals surface area contributed by atoms with Crippen molar-refractivity contribution < 1.29 is 22.4 Å². The molecule has 0 aromatic carbocycles. The number of nitrogens with zero attached hydrogens (tertiary/aromatic N) is 3. The number of amides is 1. The maximum atomic E-state index is 12.7. The molecule has 0 unspecified atom stereocenters. The molecule has 6 nitrogen and oxygen atoms in total. The number of nitrogens with one attached hydrogen (secondary N) is 1. The molecular weight excluding hydrogens is 377 g/mol. The van der Waals surface area contributed by atoms with Crippen LogP contribution in [0, 0.1) is 0 Å². The van der Waals surface area contributed by atoms with Gasteiger partial charge in [0.15, 0.2) is 4.34 Å². The number of alkyl halides is 3. The lowest BCUT2D eigenvalue weighted by molar-refractivity contribution is -0.161. The quantitative estimate of drug-likeness (QED) is 0.695. The summed E-state index contributed by atoms with van der Waals surface area (Å²) in [6, 6.07) is 3.53. The highest BCUT2D eigenvalue weighted by atomic mass is 32.2. The minimum Gasteiger partial charge on any atom is -0.467 e. The molecule has 3 rings (SSSR count). The van der Waals surface area contributed by atoms with Gasteiger partial charge in [-0.1, -0.05) is 23.1 Å². The zero-order valence-electron chi connectivity index (χ0n) is 13.0. The number of furan rings is 1. The Morgan fingerprint density at radius 2 is 2.24 bits per heavy atom. The number of hydrogen-bond acceptors (Lipinski definition) is 7. The molecule has 0 saturated heterocycles. The molecule has 1 aliphatic carbocycles. The van der Waals surface area contributed by atoms with E-state index in [2.05, 4.69) is 15.5 Å². The van der Waals surface area contributed by atoms with Crippen molar-refractivity contribution in [1.82, 2.24) is 15.1 Å². The Labute approximate surface area is 149 Å². The van der Waals surface area contributed by atoms with E-state index in [0.717, 1.165) is 29.5 Å². The lowest BCUT2D eigenvalue weighted by Gasteiger charge is -2.22. The molecule has 1 saturated carbocycles. The fourth-order valence-electron chi connectivity index (χ4n) is 1.98. The van der Waals surface area contributed by atoms with Crippen LogP contribution < -0.4 is 5.32 Å². The average molecular weight is 392 g/mol. The van der Waals surface area contributed by atoms with Gasteiger partial charge in [-0.05, 0) is 25.0 Å². The molecule has 2 aromatic rings. The van der Waals surface area contributed by atoms with Crippen LogP contribution in [0.25, 0.3) is 0 Å². The zero-order chi connectivity index (χ0) is 17.9. The van der Waals surface area contributed by atoms with Crippen LogP contribution in [0.1, 0.15) is 18.6 Å². The molecule has 2 aromatic heterocycles. The molecule has 0 spiro atoms. The van der Waals surface area contributed by atoms with Crippen LogP contribution in [0.4, 0.5) is 18.3 Å². The highest BCUT2D eigenvalue weighted by Crippen LogP contribution is 2.30. The van der Waals surface area contributed by atoms with Gasteiger partial charge in [-0.15, -0.1) is 10.2 Å². The van der Waals surface area contributed by atoms with Crippen LogP contribution in [0.3, 0.4) is 0 Å². The van der Waals surface area contributed by atoms with Crippen molar-refractivity contribution in [2.45, 2.75) is 35.9 Å². The van der Waals surface area contributed by atoms with Gasteiger partial charge < -0.3 is 14.6 Å². The first-order valence-corrected chi connectivity index (χ1v) is 9.29. The number of aromatic nitrogens is 2. The Morgan fingerprint density at radius 1 is 1.44 bits per heavy atom. The van der Waals surface area contributed by atoms with E-state index >= 15 is 0 Å². The SMILES string of the molecule is O=C(CSc1nnc(NC2CC2)s1)N(Cc1ccco1)CC(F)(F)F. The van der Waals surface area contributed by atoms with Gasteiger partial charge in [-0.25, -0.2) is 0 Å². The number of rotatable bonds is 8. The van der Waals surface area contributed by atoms with Crippen LogP contribution in [0.15, 0.2) is 27.2 Å². The molecule has 0 atom stereocenters. The summed E-state index contributed by atoms with van der Waals surface area (Å²) in [5.41, 5.74) is 0. The van der Waals surface area contributed by atoms with E-state index < -0.39 is 18.6 Å². The van der Waals surface area contributed by atoms with Gasteiger partial charge in [0.05, 0.1) is 18.6 Å². The normalized spacial score (nSPS) is 14.5. The first kappa shape index (κ1) is 18.1. The fraction of sp³-hybridized carbons (Fsp3) is 0.500. The molecule has 1 amide bonds. The van der Waals surface area contributed by atoms with E-state index in [0.29, 0.717) is 21.3 Å². The summed E-state index contributed by atoms with van der Waals surface area (Å²) in [6.07, 6.45) is -0.924. The number of carbonyl (C=O) groups is 1. The van der Waals surface area contributed by atoms with Gasteiger partial charge in [-0.2, -0.15) is 13.2 Å². The Hall–Kier alpha value is -1.75. The van der Waals surface area contributed by atoms with Crippen molar-refractivity contribution in [2.24, 2.45) is 0 Å². The monoisotopic (exact) mass is 392 g/mol. The summed E-state index contributed by atoms with van der Waals surface area (Å²) in [5.74, 6) is -0.477. The van der Waals surface area contributed by atoms with E-state index in [9.17, 15) is 18.0 Å². The maximum absolute atomic E-state index is 12.7. The predicted octanol–water partition coefficient (Wildman–Crippen LogP) is 3.39. The summed E-state index contributed by atoms with van der Waals surface area (Å²) in [5, 5.41) is 11.7. The van der Waals surface area contributed by atoms with Crippen LogP contribution in [-0.4, -0.2) is 45.5 Å². The second kappa shape index (κ2) is 7.65. The van der Waals surface area contributed by atoms with E-state index in [1.165, 1.54) is 23.7 Å². The summed E-state index contributed by atoms with van der Waals surface area (Å²) in [6.45, 7) is -1.55. The number of anilines is 1. The van der Waals surface area contributed by atoms with Crippen LogP contribution in [-0.2, 0) is 11.3 Å². The number of halogens is 3. The molecule has 11 heteroatoms. The third kappa shape index (κ3) is 5.92. The van der Waals surface area contributed by atoms with E-state index in [1.54, 1.807) is 6.07 Å². The minimum absolute atomic E-state index is 0.144. The summed E-state index contributed by atoms with van der Waals surface area (Å²) in [7, 11) is 0. The third-order valence-corrected chi connectivity index (χ3v) is 5.25. The van der Waals surface area contributed by atoms with Gasteiger partial charge in [0.2, 0.25) is 11.0 Å². The highest BCUT2D eigenvalue weighted by molar-refractivity contribution is 8.01. The van der Waals surface area contributed by atoms with Crippen LogP contribution in [0.5, 0.6) is 0 Å². The smallest absolute Gasteiger partial charge is 0.406 e. The first-order chi connectivity index (χ1) is 11.9. The molecule has 25 heavy (non-hydrogen) atoms. The lowest BCUT2D eigenvalue weighted by atomic mass is 10.3. The lowest BCUT2D eigenvalue weighted by Crippen LogP contribution is -2.39. The van der Waals surface area contributed by atoms with Gasteiger partial charge in [0, 0.05) is 6.04 Å². The fourth-order valence-corrected chi connectivity index (χ4v) is 3.71. The van der Waals surface area contributed by atoms with Gasteiger partial charge >= 0.3 is 6.18 Å². The Balaban J connectivity index is 1.55. The maximum Gasteiger partial charge on any atom is 0.406 e. The van der Waals surface area contributed by atoms with Crippen molar-refractivity contribution in [3.63, 3.8) is 0 Å². The summed E-state index contributed by atoms with van der Waals surface area (Å²) < 4.78 is 43.8. The van der Waals surface area contributed by atoms with E-state index in [4.69, 9.17) is 4.42 Å². The minimum atomic E-state index is -4.48. The number of thioether (sulfide) groups is 1. The number of hydrogen-bond donors (Lipinski definition) is 1. The van der Waals surface area contributed by atoms with Gasteiger partial charge in [-0.3, -0.25) is 4.79 Å². The van der Waals surface area contributed by atoms with Gasteiger partial charge in [0.25, 0.3) is 0 Å². The molecule has 1 fully saturated rings. The number of carbonyl (C=O) groups excluding carboxylic acids is 1. The van der Waals surface area contributed by atoms with Crippen molar-refractivity contribution in [2.75, 3.05) is 17.6 Å². The molecule has 136 valence electrons. The Morgan fingerprint density at radius 3 is 2.88 bits per heavy atom. The molecule has 0 radical (unpaired) electrons. The Kier molecular flexibility index (Phi) is 5.52. The van der Waals surface area contributed by atoms with Gasteiger partial charge in [0.1, 0.15) is 12.3 Å². The van der Waals surface area contributed by atoms with Crippen molar-refractivity contribution in [3.05, 3.63) is 24.2 Å². The van der Waals surface area contributed by atoms with Crippen LogP contribution in [0.2, 0.25) is 0 Å². The molecule has 2 heterocycles. The Bertz CT molecular complexity index is 701. The molecule has 1 aliphatic rings. The van der Waals surface area contributed by atoms with Crippen molar-refractivity contribution in [3.8, 4) is 0 Å². The van der Waals surface area contributed by atoms with Crippen molar-refractivity contribution in [1.29, 1.82) is 0 Å². The highest BCUT2D eigenvalue weighted by Gasteiger charge is 2.33. The molecular formula is C14H15F3N4O2S2. The first-order valence-electron chi connectivity index (χ1n) is 7.49. The average Bonchev–Trinajstić information content (AvgIpc) is 3.00. The molecule has 0 aliphatic heterocycles. The second-order valence-electron chi connectivity index (χ2n) is 5.52.